The molecule has 0 unspecified atom stereocenters. The number of nitrogens with zero attached hydrogens (tertiary/aromatic N) is 1. The Kier molecular flexibility index (Phi) is 3.84. The molecule has 1 fully saturated rings. The second-order valence-corrected chi connectivity index (χ2v) is 5.36. The number of nitrogens with two attached hydrogens (primary N) is 1. The molecule has 0 saturated heterocycles. The van der Waals surface area contributed by atoms with E-state index in [0.29, 0.717) is 6.26 Å². The van der Waals surface area contributed by atoms with Gasteiger partial charge in [0, 0.05) is 6.20 Å². The maximum Gasteiger partial charge on any atom is 0.261 e. The first-order valence-electron chi connectivity index (χ1n) is 4.89. The predicted octanol–water partition coefficient (Wildman–Crippen LogP) is 0.103. The molecule has 7 heteroatoms. The molecule has 0 spiro atoms. The van der Waals surface area contributed by atoms with Crippen LogP contribution in [0.4, 0.5) is 0 Å². The molecular formula is C10H14N2O4S. The lowest BCUT2D eigenvalue weighted by molar-refractivity contribution is -0.120. The Morgan fingerprint density at radius 2 is 2.00 bits per heavy atom. The first kappa shape index (κ1) is 13.6. The summed E-state index contributed by atoms with van der Waals surface area (Å²) >= 11 is 0. The fourth-order valence-electron chi connectivity index (χ4n) is 1.40. The van der Waals surface area contributed by atoms with Crippen molar-refractivity contribution in [3.8, 4) is 0 Å². The zero-order chi connectivity index (χ0) is 13.1. The van der Waals surface area contributed by atoms with Crippen molar-refractivity contribution in [2.75, 3.05) is 6.26 Å². The Balaban J connectivity index is 0.000000249. The summed E-state index contributed by atoms with van der Waals surface area (Å²) in [7, 11) is -3.67. The van der Waals surface area contributed by atoms with Gasteiger partial charge in [-0.25, -0.2) is 0 Å². The molecule has 6 nitrogen and oxygen atoms in total. The molecule has 0 atom stereocenters. The van der Waals surface area contributed by atoms with Gasteiger partial charge in [0.25, 0.3) is 10.1 Å². The molecule has 0 aromatic carbocycles. The fraction of sp³-hybridized carbons (Fsp3) is 0.400. The van der Waals surface area contributed by atoms with E-state index in [0.717, 1.165) is 18.5 Å². The van der Waals surface area contributed by atoms with Gasteiger partial charge in [-0.05, 0) is 25.0 Å². The number of carbonyl (C=O) groups excluding carboxylic acids is 1. The maximum atomic E-state index is 11.1. The highest BCUT2D eigenvalue weighted by Crippen LogP contribution is 2.46. The summed E-state index contributed by atoms with van der Waals surface area (Å²) in [5, 5.41) is 0. The van der Waals surface area contributed by atoms with Crippen molar-refractivity contribution in [3.05, 3.63) is 30.1 Å². The number of primary amides is 1. The number of hydrogen-bond donors (Lipinski definition) is 2. The molecule has 94 valence electrons. The van der Waals surface area contributed by atoms with E-state index in [4.69, 9.17) is 10.3 Å². The maximum absolute atomic E-state index is 11.1. The van der Waals surface area contributed by atoms with Gasteiger partial charge in [0.05, 0.1) is 17.4 Å². The number of hydrogen-bond acceptors (Lipinski definition) is 4. The summed E-state index contributed by atoms with van der Waals surface area (Å²) in [6.07, 6.45) is 4.10. The molecule has 0 bridgehead atoms. The van der Waals surface area contributed by atoms with Gasteiger partial charge in [-0.1, -0.05) is 6.07 Å². The van der Waals surface area contributed by atoms with Crippen LogP contribution in [0.2, 0.25) is 0 Å². The van der Waals surface area contributed by atoms with Crippen LogP contribution in [-0.4, -0.2) is 30.1 Å². The van der Waals surface area contributed by atoms with Gasteiger partial charge in [-0.2, -0.15) is 8.42 Å². The van der Waals surface area contributed by atoms with Gasteiger partial charge in [-0.15, -0.1) is 0 Å². The molecule has 0 radical (unpaired) electrons. The standard InChI is InChI=1S/C9H10N2O.CH4O3S/c10-8(12)9(4-5-9)7-3-1-2-6-11-7;1-5(2,3)4/h1-3,6H,4-5H2,(H2,10,12);1H3,(H,2,3,4). The van der Waals surface area contributed by atoms with E-state index < -0.39 is 15.5 Å². The van der Waals surface area contributed by atoms with E-state index >= 15 is 0 Å². The number of carbonyl (C=O) groups is 1. The predicted molar refractivity (Wildman–Crippen MR) is 61.8 cm³/mol. The Morgan fingerprint density at radius 3 is 2.29 bits per heavy atom. The van der Waals surface area contributed by atoms with Gasteiger partial charge >= 0.3 is 0 Å². The van der Waals surface area contributed by atoms with Gasteiger partial charge < -0.3 is 5.73 Å². The summed E-state index contributed by atoms with van der Waals surface area (Å²) in [5.74, 6) is -0.249. The minimum absolute atomic E-state index is 0.249. The van der Waals surface area contributed by atoms with Crippen LogP contribution in [0.1, 0.15) is 18.5 Å². The zero-order valence-electron chi connectivity index (χ0n) is 9.33. The van der Waals surface area contributed by atoms with Gasteiger partial charge in [0.1, 0.15) is 0 Å². The van der Waals surface area contributed by atoms with Crippen molar-refractivity contribution < 1.29 is 17.8 Å². The van der Waals surface area contributed by atoms with Gasteiger partial charge in [0.15, 0.2) is 0 Å². The lowest BCUT2D eigenvalue weighted by Gasteiger charge is -2.08. The summed E-state index contributed by atoms with van der Waals surface area (Å²) in [4.78, 5) is 15.2. The number of amides is 1. The summed E-state index contributed by atoms with van der Waals surface area (Å²) < 4.78 is 25.9. The normalized spacial score (nSPS) is 16.6. The molecule has 1 aliphatic rings. The highest BCUT2D eigenvalue weighted by molar-refractivity contribution is 7.85. The Hall–Kier alpha value is -1.47. The van der Waals surface area contributed by atoms with Crippen LogP contribution < -0.4 is 5.73 Å². The second-order valence-electron chi connectivity index (χ2n) is 3.89. The minimum atomic E-state index is -3.67. The molecule has 1 aliphatic carbocycles. The average molecular weight is 258 g/mol. The van der Waals surface area contributed by atoms with E-state index in [2.05, 4.69) is 4.98 Å². The fourth-order valence-corrected chi connectivity index (χ4v) is 1.40. The summed E-state index contributed by atoms with van der Waals surface area (Å²) in [5.41, 5.74) is 5.67. The van der Waals surface area contributed by atoms with Crippen molar-refractivity contribution in [2.24, 2.45) is 5.73 Å². The number of pyridine rings is 1. The smallest absolute Gasteiger partial charge is 0.261 e. The largest absolute Gasteiger partial charge is 0.369 e. The second kappa shape index (κ2) is 4.80. The SMILES string of the molecule is CS(=O)(=O)O.NC(=O)C1(c2ccccn2)CC1. The van der Waals surface area contributed by atoms with Gasteiger partial charge in [-0.3, -0.25) is 14.3 Å². The van der Waals surface area contributed by atoms with Crippen LogP contribution >= 0.6 is 0 Å². The Labute approximate surface area is 99.6 Å². The third-order valence-electron chi connectivity index (χ3n) is 2.38. The van der Waals surface area contributed by atoms with Crippen LogP contribution in [0.3, 0.4) is 0 Å². The first-order chi connectivity index (χ1) is 7.76. The highest BCUT2D eigenvalue weighted by Gasteiger charge is 2.51. The molecule has 0 aliphatic heterocycles. The minimum Gasteiger partial charge on any atom is -0.369 e. The Bertz CT molecular complexity index is 486. The van der Waals surface area contributed by atoms with E-state index in [9.17, 15) is 13.2 Å². The van der Waals surface area contributed by atoms with Crippen LogP contribution in [0, 0.1) is 0 Å². The summed E-state index contributed by atoms with van der Waals surface area (Å²) in [6.45, 7) is 0. The van der Waals surface area contributed by atoms with Crippen molar-refractivity contribution in [1.29, 1.82) is 0 Å². The van der Waals surface area contributed by atoms with Crippen LogP contribution in [-0.2, 0) is 20.3 Å². The first-order valence-corrected chi connectivity index (χ1v) is 6.74. The third-order valence-corrected chi connectivity index (χ3v) is 2.38. The van der Waals surface area contributed by atoms with E-state index in [1.807, 2.05) is 18.2 Å². The monoisotopic (exact) mass is 258 g/mol. The van der Waals surface area contributed by atoms with Crippen LogP contribution in [0.25, 0.3) is 0 Å². The highest BCUT2D eigenvalue weighted by atomic mass is 32.2. The molecule has 1 saturated carbocycles. The Morgan fingerprint density at radius 1 is 1.47 bits per heavy atom. The number of aromatic nitrogens is 1. The van der Waals surface area contributed by atoms with Crippen molar-refractivity contribution in [2.45, 2.75) is 18.3 Å². The lowest BCUT2D eigenvalue weighted by atomic mass is 10.0. The molecule has 1 aromatic rings. The van der Waals surface area contributed by atoms with Crippen molar-refractivity contribution in [1.82, 2.24) is 4.98 Å². The van der Waals surface area contributed by atoms with Crippen LogP contribution in [0.15, 0.2) is 24.4 Å². The zero-order valence-corrected chi connectivity index (χ0v) is 10.1. The van der Waals surface area contributed by atoms with E-state index in [1.165, 1.54) is 0 Å². The molecule has 17 heavy (non-hydrogen) atoms. The van der Waals surface area contributed by atoms with Crippen molar-refractivity contribution in [3.63, 3.8) is 0 Å². The van der Waals surface area contributed by atoms with Crippen molar-refractivity contribution >= 4 is 16.0 Å². The molecule has 3 N–H and O–H groups in total. The average Bonchev–Trinajstić information content (AvgIpc) is 2.97. The molecule has 2 rings (SSSR count). The van der Waals surface area contributed by atoms with Crippen LogP contribution in [0.5, 0.6) is 0 Å². The third kappa shape index (κ3) is 4.12. The van der Waals surface area contributed by atoms with E-state index in [1.54, 1.807) is 6.20 Å². The quantitative estimate of drug-likeness (QED) is 0.731. The molecule has 1 aromatic heterocycles. The molecular weight excluding hydrogens is 244 g/mol. The molecule has 1 amide bonds. The lowest BCUT2D eigenvalue weighted by Crippen LogP contribution is -2.29. The van der Waals surface area contributed by atoms with Gasteiger partial charge in [0.2, 0.25) is 5.91 Å². The van der Waals surface area contributed by atoms with E-state index in [-0.39, 0.29) is 5.91 Å². The topological polar surface area (TPSA) is 110 Å². The summed E-state index contributed by atoms with van der Waals surface area (Å²) in [6, 6.07) is 5.57. The molecule has 1 heterocycles. The number of rotatable bonds is 2.